The molecule has 0 spiro atoms. The third-order valence-electron chi connectivity index (χ3n) is 3.47. The van der Waals surface area contributed by atoms with Crippen LogP contribution in [0.5, 0.6) is 0 Å². The van der Waals surface area contributed by atoms with E-state index >= 15 is 0 Å². The molecule has 114 valence electrons. The van der Waals surface area contributed by atoms with E-state index in [-0.39, 0.29) is 6.42 Å². The van der Waals surface area contributed by atoms with Gasteiger partial charge in [0.15, 0.2) is 0 Å². The lowest BCUT2D eigenvalue weighted by Crippen LogP contribution is -2.37. The van der Waals surface area contributed by atoms with E-state index in [0.29, 0.717) is 10.9 Å². The number of hydrogen-bond acceptors (Lipinski definition) is 4. The van der Waals surface area contributed by atoms with Crippen LogP contribution in [0, 0.1) is 0 Å². The summed E-state index contributed by atoms with van der Waals surface area (Å²) in [5.74, 6) is -1.54. The van der Waals surface area contributed by atoms with E-state index in [1.165, 1.54) is 25.7 Å². The second-order valence-corrected chi connectivity index (χ2v) is 6.56. The lowest BCUT2D eigenvalue weighted by molar-refractivity contribution is -0.138. The second kappa shape index (κ2) is 7.47. The first-order valence-corrected chi connectivity index (χ1v) is 7.98. The Morgan fingerprint density at radius 3 is 2.67 bits per heavy atom. The maximum atomic E-state index is 11.9. The minimum absolute atomic E-state index is 0.371. The topological polar surface area (TPSA) is 92.4 Å². The van der Waals surface area contributed by atoms with Crippen molar-refractivity contribution in [1.29, 1.82) is 0 Å². The number of carbonyl (C=O) groups excluding carboxylic acids is 1. The van der Waals surface area contributed by atoms with Crippen LogP contribution in [0.3, 0.4) is 0 Å². The fraction of sp³-hybridized carbons (Fsp3) is 0.467. The van der Waals surface area contributed by atoms with Gasteiger partial charge in [0.25, 0.3) is 0 Å². The van der Waals surface area contributed by atoms with E-state index in [1.807, 2.05) is 24.3 Å². The molecule has 4 N–H and O–H groups in total. The van der Waals surface area contributed by atoms with Crippen LogP contribution in [0.15, 0.2) is 29.2 Å². The Labute approximate surface area is 128 Å². The fourth-order valence-electron chi connectivity index (χ4n) is 2.36. The molecule has 2 rings (SSSR count). The number of amides is 1. The smallest absolute Gasteiger partial charge is 0.305 e. The number of thioether (sulfide) groups is 1. The van der Waals surface area contributed by atoms with Crippen molar-refractivity contribution in [3.8, 4) is 0 Å². The number of carbonyl (C=O) groups is 2. The number of nitrogens with two attached hydrogens (primary N) is 1. The van der Waals surface area contributed by atoms with Crippen LogP contribution in [-0.4, -0.2) is 28.3 Å². The van der Waals surface area contributed by atoms with Gasteiger partial charge in [0.1, 0.15) is 0 Å². The summed E-state index contributed by atoms with van der Waals surface area (Å²) in [7, 11) is 0. The van der Waals surface area contributed by atoms with Crippen LogP contribution in [-0.2, 0) is 9.59 Å². The number of hydrogen-bond donors (Lipinski definition) is 3. The molecule has 0 bridgehead atoms. The maximum absolute atomic E-state index is 11.9. The number of aliphatic carboxylic acids is 1. The van der Waals surface area contributed by atoms with Crippen molar-refractivity contribution >= 4 is 29.3 Å². The van der Waals surface area contributed by atoms with Crippen LogP contribution < -0.4 is 11.1 Å². The first-order chi connectivity index (χ1) is 10.1. The summed E-state index contributed by atoms with van der Waals surface area (Å²) in [6.45, 7) is 0. The zero-order valence-corrected chi connectivity index (χ0v) is 12.6. The lowest BCUT2D eigenvalue weighted by Gasteiger charge is -2.15. The number of benzene rings is 1. The molecule has 1 amide bonds. The van der Waals surface area contributed by atoms with Gasteiger partial charge < -0.3 is 16.2 Å². The Kier molecular flexibility index (Phi) is 5.64. The molecular weight excluding hydrogens is 288 g/mol. The van der Waals surface area contributed by atoms with Gasteiger partial charge in [-0.1, -0.05) is 25.0 Å². The molecule has 0 aliphatic heterocycles. The van der Waals surface area contributed by atoms with Crippen molar-refractivity contribution in [2.45, 2.75) is 48.3 Å². The molecule has 1 atom stereocenters. The highest BCUT2D eigenvalue weighted by atomic mass is 32.2. The number of anilines is 1. The molecule has 0 heterocycles. The highest BCUT2D eigenvalue weighted by Crippen LogP contribution is 2.37. The van der Waals surface area contributed by atoms with Gasteiger partial charge in [0.2, 0.25) is 5.91 Å². The van der Waals surface area contributed by atoms with Crippen molar-refractivity contribution in [3.63, 3.8) is 0 Å². The zero-order valence-electron chi connectivity index (χ0n) is 11.7. The number of carboxylic acids is 1. The van der Waals surface area contributed by atoms with Gasteiger partial charge in [0.05, 0.1) is 18.2 Å². The first kappa shape index (κ1) is 15.9. The van der Waals surface area contributed by atoms with Gasteiger partial charge in [-0.15, -0.1) is 11.8 Å². The number of nitrogens with one attached hydrogen (secondary N) is 1. The average Bonchev–Trinajstić information content (AvgIpc) is 2.93. The average molecular weight is 308 g/mol. The minimum atomic E-state index is -1.08. The third kappa shape index (κ3) is 4.75. The summed E-state index contributed by atoms with van der Waals surface area (Å²) in [6.07, 6.45) is 4.55. The molecule has 1 unspecified atom stereocenters. The van der Waals surface area contributed by atoms with Crippen LogP contribution in [0.4, 0.5) is 5.69 Å². The molecule has 5 nitrogen and oxygen atoms in total. The molecule has 1 aromatic carbocycles. The van der Waals surface area contributed by atoms with Gasteiger partial charge in [-0.3, -0.25) is 9.59 Å². The van der Waals surface area contributed by atoms with E-state index < -0.39 is 17.9 Å². The number of rotatable bonds is 6. The van der Waals surface area contributed by atoms with Crippen molar-refractivity contribution in [2.75, 3.05) is 5.32 Å². The van der Waals surface area contributed by atoms with E-state index in [0.717, 1.165) is 4.90 Å². The summed E-state index contributed by atoms with van der Waals surface area (Å²) in [5, 5.41) is 12.0. The molecule has 1 fully saturated rings. The quantitative estimate of drug-likeness (QED) is 0.750. The Bertz CT molecular complexity index is 515. The zero-order chi connectivity index (χ0) is 15.2. The highest BCUT2D eigenvalue weighted by Gasteiger charge is 2.20. The predicted octanol–water partition coefficient (Wildman–Crippen LogP) is 2.46. The summed E-state index contributed by atoms with van der Waals surface area (Å²) < 4.78 is 0. The molecule has 0 saturated heterocycles. The van der Waals surface area contributed by atoms with Crippen molar-refractivity contribution < 1.29 is 14.7 Å². The Hall–Kier alpha value is -1.53. The molecule has 6 heteroatoms. The maximum Gasteiger partial charge on any atom is 0.305 e. The summed E-state index contributed by atoms with van der Waals surface area (Å²) in [5.41, 5.74) is 6.29. The van der Waals surface area contributed by atoms with Gasteiger partial charge in [-0.05, 0) is 25.0 Å². The highest BCUT2D eigenvalue weighted by molar-refractivity contribution is 8.00. The number of carboxylic acid groups (broad SMARTS) is 1. The monoisotopic (exact) mass is 308 g/mol. The number of para-hydroxylation sites is 1. The SMILES string of the molecule is NC(CC(=O)O)C(=O)Nc1ccccc1SC1CCCC1. The Balaban J connectivity index is 2.01. The van der Waals surface area contributed by atoms with Crippen LogP contribution in [0.25, 0.3) is 0 Å². The van der Waals surface area contributed by atoms with Crippen molar-refractivity contribution in [1.82, 2.24) is 0 Å². The molecule has 1 aromatic rings. The minimum Gasteiger partial charge on any atom is -0.481 e. The molecule has 0 aromatic heterocycles. The molecular formula is C15H20N2O3S. The molecule has 1 saturated carbocycles. The summed E-state index contributed by atoms with van der Waals surface area (Å²) >= 11 is 1.77. The third-order valence-corrected chi connectivity index (χ3v) is 4.89. The normalized spacial score (nSPS) is 16.6. The summed E-state index contributed by atoms with van der Waals surface area (Å²) in [4.78, 5) is 23.5. The van der Waals surface area contributed by atoms with Gasteiger partial charge in [-0.2, -0.15) is 0 Å². The van der Waals surface area contributed by atoms with Crippen molar-refractivity contribution in [3.05, 3.63) is 24.3 Å². The largest absolute Gasteiger partial charge is 0.481 e. The van der Waals surface area contributed by atoms with E-state index in [1.54, 1.807) is 11.8 Å². The van der Waals surface area contributed by atoms with Crippen molar-refractivity contribution in [2.24, 2.45) is 5.73 Å². The van der Waals surface area contributed by atoms with Gasteiger partial charge >= 0.3 is 5.97 Å². The van der Waals surface area contributed by atoms with Crippen LogP contribution in [0.1, 0.15) is 32.1 Å². The molecule has 21 heavy (non-hydrogen) atoms. The van der Waals surface area contributed by atoms with E-state index in [2.05, 4.69) is 5.32 Å². The Morgan fingerprint density at radius 1 is 1.33 bits per heavy atom. The second-order valence-electron chi connectivity index (χ2n) is 5.21. The predicted molar refractivity (Wildman–Crippen MR) is 83.4 cm³/mol. The fourth-order valence-corrected chi connectivity index (χ4v) is 3.70. The van der Waals surface area contributed by atoms with Crippen LogP contribution in [0.2, 0.25) is 0 Å². The molecule has 0 radical (unpaired) electrons. The van der Waals surface area contributed by atoms with E-state index in [9.17, 15) is 9.59 Å². The first-order valence-electron chi connectivity index (χ1n) is 7.10. The van der Waals surface area contributed by atoms with Gasteiger partial charge in [-0.25, -0.2) is 0 Å². The van der Waals surface area contributed by atoms with Crippen LogP contribution >= 0.6 is 11.8 Å². The molecule has 1 aliphatic carbocycles. The lowest BCUT2D eigenvalue weighted by atomic mass is 10.2. The van der Waals surface area contributed by atoms with E-state index in [4.69, 9.17) is 10.8 Å². The Morgan fingerprint density at radius 2 is 2.00 bits per heavy atom. The molecule has 1 aliphatic rings. The summed E-state index contributed by atoms with van der Waals surface area (Å²) in [6, 6.07) is 6.54. The standard InChI is InChI=1S/C15H20N2O3S/c16-11(9-14(18)19)15(20)17-12-7-3-4-8-13(12)21-10-5-1-2-6-10/h3-4,7-8,10-11H,1-2,5-6,9,16H2,(H,17,20)(H,18,19). The van der Waals surface area contributed by atoms with Gasteiger partial charge in [0, 0.05) is 10.1 Å².